The summed E-state index contributed by atoms with van der Waals surface area (Å²) in [6.45, 7) is 6.88. The van der Waals surface area contributed by atoms with Gasteiger partial charge in [-0.2, -0.15) is 0 Å². The average Bonchev–Trinajstić information content (AvgIpc) is 2.27. The largest absolute Gasteiger partial charge is 0.392 e. The Kier molecular flexibility index (Phi) is 4.05. The molecule has 0 N–H and O–H groups in total. The van der Waals surface area contributed by atoms with E-state index in [-0.39, 0.29) is 0 Å². The molecule has 0 aromatic heterocycles. The van der Waals surface area contributed by atoms with E-state index >= 15 is 0 Å². The highest BCUT2D eigenvalue weighted by Crippen LogP contribution is 2.20. The maximum Gasteiger partial charge on any atom is 0.320 e. The molecule has 92 valence electrons. The van der Waals surface area contributed by atoms with Gasteiger partial charge in [-0.05, 0) is 33.3 Å². The van der Waals surface area contributed by atoms with Crippen molar-refractivity contribution >= 4 is 11.9 Å². The summed E-state index contributed by atoms with van der Waals surface area (Å²) in [6.07, 6.45) is 0. The highest BCUT2D eigenvalue weighted by atomic mass is 16.6. The molecule has 0 bridgehead atoms. The fraction of sp³-hybridized carbons (Fsp3) is 0.429. The molecule has 3 nitrogen and oxygen atoms in total. The lowest BCUT2D eigenvalue weighted by atomic mass is 9.97. The van der Waals surface area contributed by atoms with Gasteiger partial charge in [-0.25, -0.2) is 0 Å². The molecule has 1 atom stereocenters. The van der Waals surface area contributed by atoms with E-state index in [0.29, 0.717) is 0 Å². The normalized spacial score (nSPS) is 12.9. The molecule has 0 aliphatic heterocycles. The van der Waals surface area contributed by atoms with Gasteiger partial charge in [0.15, 0.2) is 0 Å². The van der Waals surface area contributed by atoms with E-state index in [1.165, 1.54) is 0 Å². The lowest BCUT2D eigenvalue weighted by Crippen LogP contribution is -2.27. The minimum absolute atomic E-state index is 0.428. The zero-order valence-corrected chi connectivity index (χ0v) is 10.7. The minimum Gasteiger partial charge on any atom is -0.392 e. The van der Waals surface area contributed by atoms with Crippen LogP contribution in [0.4, 0.5) is 0 Å². The fourth-order valence-corrected chi connectivity index (χ4v) is 1.21. The second-order valence-corrected chi connectivity index (χ2v) is 5.09. The third-order valence-electron chi connectivity index (χ3n) is 2.46. The quantitative estimate of drug-likeness (QED) is 0.583. The number of carbonyl (C=O) groups excluding carboxylic acids is 2. The predicted molar refractivity (Wildman–Crippen MR) is 65.4 cm³/mol. The Morgan fingerprint density at radius 3 is 2.12 bits per heavy atom. The van der Waals surface area contributed by atoms with Crippen LogP contribution in [0.25, 0.3) is 0 Å². The van der Waals surface area contributed by atoms with Gasteiger partial charge in [-0.15, -0.1) is 0 Å². The number of rotatable bonds is 2. The molecule has 1 aromatic rings. The molecular formula is C14H18O3. The van der Waals surface area contributed by atoms with Crippen LogP contribution in [0, 0.1) is 5.41 Å². The van der Waals surface area contributed by atoms with E-state index in [9.17, 15) is 9.59 Å². The van der Waals surface area contributed by atoms with Gasteiger partial charge in [-0.3, -0.25) is 9.59 Å². The summed E-state index contributed by atoms with van der Waals surface area (Å²) in [7, 11) is 0. The summed E-state index contributed by atoms with van der Waals surface area (Å²) >= 11 is 0. The van der Waals surface area contributed by atoms with Crippen LogP contribution in [0.5, 0.6) is 0 Å². The molecule has 0 saturated heterocycles. The van der Waals surface area contributed by atoms with Gasteiger partial charge in [0.05, 0.1) is 11.3 Å². The number of ether oxygens (including phenoxy) is 1. The predicted octanol–water partition coefficient (Wildman–Crippen LogP) is 2.91. The third-order valence-corrected chi connectivity index (χ3v) is 2.46. The maximum atomic E-state index is 11.8. The average molecular weight is 234 g/mol. The molecule has 0 aliphatic carbocycles. The van der Waals surface area contributed by atoms with Crippen LogP contribution in [0.15, 0.2) is 30.3 Å². The van der Waals surface area contributed by atoms with Gasteiger partial charge in [0.25, 0.3) is 0 Å². The molecule has 0 spiro atoms. The number of esters is 2. The zero-order valence-electron chi connectivity index (χ0n) is 10.7. The van der Waals surface area contributed by atoms with Crippen molar-refractivity contribution in [2.24, 2.45) is 5.41 Å². The van der Waals surface area contributed by atoms with Crippen LogP contribution in [0.1, 0.15) is 39.2 Å². The second-order valence-electron chi connectivity index (χ2n) is 5.09. The van der Waals surface area contributed by atoms with Crippen molar-refractivity contribution in [3.63, 3.8) is 0 Å². The standard InChI is InChI=1S/C14H18O3/c1-10(11-8-6-5-7-9-11)12(15)17-13(16)14(2,3)4/h5-10H,1-4H3/t10-/m1/s1. The van der Waals surface area contributed by atoms with Gasteiger partial charge in [0, 0.05) is 0 Å². The van der Waals surface area contributed by atoms with E-state index < -0.39 is 23.3 Å². The van der Waals surface area contributed by atoms with Gasteiger partial charge < -0.3 is 4.74 Å². The first-order valence-corrected chi connectivity index (χ1v) is 5.63. The Labute approximate surface area is 102 Å². The Hall–Kier alpha value is -1.64. The van der Waals surface area contributed by atoms with Gasteiger partial charge >= 0.3 is 11.9 Å². The van der Waals surface area contributed by atoms with Gasteiger partial charge in [0.1, 0.15) is 0 Å². The summed E-state index contributed by atoms with van der Waals surface area (Å²) in [5.41, 5.74) is 0.186. The lowest BCUT2D eigenvalue weighted by Gasteiger charge is -2.17. The molecule has 1 rings (SSSR count). The van der Waals surface area contributed by atoms with E-state index in [2.05, 4.69) is 0 Å². The van der Waals surface area contributed by atoms with E-state index in [0.717, 1.165) is 5.56 Å². The van der Waals surface area contributed by atoms with Crippen molar-refractivity contribution < 1.29 is 14.3 Å². The van der Waals surface area contributed by atoms with Crippen LogP contribution in [-0.2, 0) is 14.3 Å². The van der Waals surface area contributed by atoms with Crippen molar-refractivity contribution in [2.45, 2.75) is 33.6 Å². The molecule has 1 aromatic carbocycles. The van der Waals surface area contributed by atoms with Crippen LogP contribution in [0.2, 0.25) is 0 Å². The van der Waals surface area contributed by atoms with Crippen LogP contribution < -0.4 is 0 Å². The summed E-state index contributed by atoms with van der Waals surface area (Å²) in [6, 6.07) is 9.26. The molecule has 0 amide bonds. The number of hydrogen-bond acceptors (Lipinski definition) is 3. The topological polar surface area (TPSA) is 43.4 Å². The maximum absolute atomic E-state index is 11.8. The molecular weight excluding hydrogens is 216 g/mol. The third kappa shape index (κ3) is 3.70. The molecule has 0 unspecified atom stereocenters. The molecule has 3 heteroatoms. The highest BCUT2D eigenvalue weighted by molar-refractivity contribution is 5.91. The van der Waals surface area contributed by atoms with Crippen LogP contribution in [-0.4, -0.2) is 11.9 Å². The molecule has 0 radical (unpaired) electrons. The monoisotopic (exact) mass is 234 g/mol. The summed E-state index contributed by atoms with van der Waals surface area (Å²) in [5, 5.41) is 0. The van der Waals surface area contributed by atoms with E-state index in [1.807, 2.05) is 30.3 Å². The molecule has 0 saturated carbocycles. The molecule has 0 fully saturated rings. The molecule has 17 heavy (non-hydrogen) atoms. The van der Waals surface area contributed by atoms with Gasteiger partial charge in [0.2, 0.25) is 0 Å². The van der Waals surface area contributed by atoms with Crippen molar-refractivity contribution in [2.75, 3.05) is 0 Å². The Bertz CT molecular complexity index is 401. The fourth-order valence-electron chi connectivity index (χ4n) is 1.21. The van der Waals surface area contributed by atoms with Crippen LogP contribution >= 0.6 is 0 Å². The minimum atomic E-state index is -0.661. The SMILES string of the molecule is C[C@@H](C(=O)OC(=O)C(C)(C)C)c1ccccc1. The Morgan fingerprint density at radius 2 is 1.65 bits per heavy atom. The molecule has 0 heterocycles. The Morgan fingerprint density at radius 1 is 1.12 bits per heavy atom. The van der Waals surface area contributed by atoms with Crippen molar-refractivity contribution in [3.05, 3.63) is 35.9 Å². The lowest BCUT2D eigenvalue weighted by molar-refractivity contribution is -0.166. The first-order chi connectivity index (χ1) is 7.82. The number of hydrogen-bond donors (Lipinski definition) is 0. The van der Waals surface area contributed by atoms with Gasteiger partial charge in [-0.1, -0.05) is 30.3 Å². The Balaban J connectivity index is 2.69. The van der Waals surface area contributed by atoms with Crippen molar-refractivity contribution in [1.29, 1.82) is 0 Å². The second kappa shape index (κ2) is 5.13. The molecule has 0 aliphatic rings. The number of carbonyl (C=O) groups is 2. The summed E-state index contributed by atoms with van der Waals surface area (Å²) in [5.74, 6) is -1.43. The van der Waals surface area contributed by atoms with E-state index in [1.54, 1.807) is 27.7 Å². The summed E-state index contributed by atoms with van der Waals surface area (Å²) < 4.78 is 4.85. The highest BCUT2D eigenvalue weighted by Gasteiger charge is 2.28. The number of benzene rings is 1. The summed E-state index contributed by atoms with van der Waals surface area (Å²) in [4.78, 5) is 23.3. The first-order valence-electron chi connectivity index (χ1n) is 5.63. The van der Waals surface area contributed by atoms with Crippen molar-refractivity contribution in [1.82, 2.24) is 0 Å². The zero-order chi connectivity index (χ0) is 13.1. The van der Waals surface area contributed by atoms with E-state index in [4.69, 9.17) is 4.74 Å². The van der Waals surface area contributed by atoms with Crippen molar-refractivity contribution in [3.8, 4) is 0 Å². The smallest absolute Gasteiger partial charge is 0.320 e. The first kappa shape index (κ1) is 13.4. The van der Waals surface area contributed by atoms with Crippen LogP contribution in [0.3, 0.4) is 0 Å².